The van der Waals surface area contributed by atoms with Gasteiger partial charge in [0, 0.05) is 35.9 Å². The molecule has 3 N–H and O–H groups in total. The quantitative estimate of drug-likeness (QED) is 0.591. The molecule has 3 heterocycles. The predicted octanol–water partition coefficient (Wildman–Crippen LogP) is 3.11. The Morgan fingerprint density at radius 2 is 2.00 bits per heavy atom. The number of halogens is 2. The van der Waals surface area contributed by atoms with Crippen molar-refractivity contribution in [3.63, 3.8) is 0 Å². The molecule has 0 bridgehead atoms. The van der Waals surface area contributed by atoms with Crippen LogP contribution >= 0.6 is 0 Å². The third kappa shape index (κ3) is 3.70. The zero-order valence-electron chi connectivity index (χ0n) is 16.3. The second kappa shape index (κ2) is 7.28. The topological polar surface area (TPSA) is 103 Å². The van der Waals surface area contributed by atoms with Crippen LogP contribution in [0.4, 0.5) is 26.5 Å². The molecule has 1 aromatic carbocycles. The molecule has 10 heteroatoms. The maximum atomic E-state index is 14.4. The molecule has 3 aromatic rings. The molecule has 2 unspecified atom stereocenters. The van der Waals surface area contributed by atoms with Gasteiger partial charge in [-0.15, -0.1) is 0 Å². The molecule has 2 aliphatic rings. The van der Waals surface area contributed by atoms with Crippen molar-refractivity contribution < 1.29 is 13.9 Å². The van der Waals surface area contributed by atoms with E-state index >= 15 is 0 Å². The van der Waals surface area contributed by atoms with Crippen molar-refractivity contribution in [3.8, 4) is 0 Å². The third-order valence-electron chi connectivity index (χ3n) is 5.45. The minimum Gasteiger partial charge on any atom is -0.391 e. The van der Waals surface area contributed by atoms with Crippen LogP contribution in [0.15, 0.2) is 24.3 Å². The summed E-state index contributed by atoms with van der Waals surface area (Å²) in [7, 11) is 0. The summed E-state index contributed by atoms with van der Waals surface area (Å²) in [4.78, 5) is 14.9. The second-order valence-electron chi connectivity index (χ2n) is 7.84. The molecule has 1 aliphatic heterocycles. The van der Waals surface area contributed by atoms with Crippen molar-refractivity contribution in [3.05, 3.63) is 53.0 Å². The molecule has 0 spiro atoms. The van der Waals surface area contributed by atoms with Gasteiger partial charge in [0.15, 0.2) is 5.82 Å². The van der Waals surface area contributed by atoms with Crippen LogP contribution in [-0.4, -0.2) is 42.9 Å². The van der Waals surface area contributed by atoms with Gasteiger partial charge in [-0.1, -0.05) is 6.07 Å². The van der Waals surface area contributed by atoms with E-state index in [0.29, 0.717) is 41.4 Å². The summed E-state index contributed by atoms with van der Waals surface area (Å²) < 4.78 is 27.8. The fourth-order valence-electron chi connectivity index (χ4n) is 3.87. The standard InChI is InChI=1S/C20H21F2N7O/c1-10-23-19(25-18-8-16(27-28-18)11-2-3-11)26-20(24-10)29-9-13(30)7-17(29)14-5-4-12(21)6-15(14)22/h4-6,8,11,13,17,30H,2-3,7,9H2,1H3,(H2,23,24,25,26,27,28). The van der Waals surface area contributed by atoms with Crippen molar-refractivity contribution in [2.75, 3.05) is 16.8 Å². The van der Waals surface area contributed by atoms with Crippen LogP contribution in [0.25, 0.3) is 0 Å². The summed E-state index contributed by atoms with van der Waals surface area (Å²) in [5.41, 5.74) is 1.37. The largest absolute Gasteiger partial charge is 0.391 e. The highest BCUT2D eigenvalue weighted by molar-refractivity contribution is 5.51. The number of β-amino-alcohol motifs (C(OH)–C–C–N with tert-alkyl or cyclic N) is 1. The Kier molecular flexibility index (Phi) is 4.58. The van der Waals surface area contributed by atoms with Gasteiger partial charge in [0.1, 0.15) is 17.5 Å². The lowest BCUT2D eigenvalue weighted by molar-refractivity contribution is 0.194. The number of aromatic nitrogens is 5. The minimum absolute atomic E-state index is 0.235. The molecule has 1 aliphatic carbocycles. The summed E-state index contributed by atoms with van der Waals surface area (Å²) >= 11 is 0. The molecule has 5 rings (SSSR count). The summed E-state index contributed by atoms with van der Waals surface area (Å²) in [6, 6.07) is 4.88. The summed E-state index contributed by atoms with van der Waals surface area (Å²) in [5, 5.41) is 20.6. The maximum absolute atomic E-state index is 14.4. The number of aryl methyl sites for hydroxylation is 1. The lowest BCUT2D eigenvalue weighted by Gasteiger charge is -2.25. The second-order valence-corrected chi connectivity index (χ2v) is 7.84. The summed E-state index contributed by atoms with van der Waals surface area (Å²) in [6.07, 6.45) is 1.94. The van der Waals surface area contributed by atoms with Crippen molar-refractivity contribution in [1.82, 2.24) is 25.1 Å². The molecule has 2 atom stereocenters. The summed E-state index contributed by atoms with van der Waals surface area (Å²) in [5.74, 6) is 0.942. The Morgan fingerprint density at radius 3 is 2.77 bits per heavy atom. The first-order valence-electron chi connectivity index (χ1n) is 9.91. The predicted molar refractivity (Wildman–Crippen MR) is 105 cm³/mol. The van der Waals surface area contributed by atoms with Gasteiger partial charge in [0.05, 0.1) is 12.1 Å². The Morgan fingerprint density at radius 1 is 1.17 bits per heavy atom. The van der Waals surface area contributed by atoms with E-state index < -0.39 is 23.8 Å². The van der Waals surface area contributed by atoms with Crippen LogP contribution in [0, 0.1) is 18.6 Å². The van der Waals surface area contributed by atoms with Crippen molar-refractivity contribution in [2.24, 2.45) is 0 Å². The molecule has 1 saturated heterocycles. The molecular weight excluding hydrogens is 392 g/mol. The molecule has 2 aromatic heterocycles. The van der Waals surface area contributed by atoms with E-state index in [9.17, 15) is 13.9 Å². The molecule has 0 amide bonds. The minimum atomic E-state index is -0.680. The zero-order chi connectivity index (χ0) is 20.8. The number of H-pyrrole nitrogens is 1. The fourth-order valence-corrected chi connectivity index (χ4v) is 3.87. The Bertz CT molecular complexity index is 1080. The monoisotopic (exact) mass is 413 g/mol. The van der Waals surface area contributed by atoms with E-state index in [-0.39, 0.29) is 6.54 Å². The van der Waals surface area contributed by atoms with E-state index in [1.54, 1.807) is 11.8 Å². The van der Waals surface area contributed by atoms with Crippen LogP contribution in [-0.2, 0) is 0 Å². The molecular formula is C20H21F2N7O. The highest BCUT2D eigenvalue weighted by Crippen LogP contribution is 2.40. The van der Waals surface area contributed by atoms with Gasteiger partial charge in [-0.3, -0.25) is 5.10 Å². The van der Waals surface area contributed by atoms with Gasteiger partial charge in [0.25, 0.3) is 0 Å². The van der Waals surface area contributed by atoms with E-state index in [1.807, 2.05) is 6.07 Å². The Hall–Kier alpha value is -3.14. The lowest BCUT2D eigenvalue weighted by Crippen LogP contribution is -2.27. The molecule has 2 fully saturated rings. The number of nitrogens with zero attached hydrogens (tertiary/aromatic N) is 5. The zero-order valence-corrected chi connectivity index (χ0v) is 16.3. The molecule has 8 nitrogen and oxygen atoms in total. The van der Waals surface area contributed by atoms with Crippen molar-refractivity contribution >= 4 is 17.7 Å². The van der Waals surface area contributed by atoms with Gasteiger partial charge in [-0.2, -0.15) is 20.1 Å². The average molecular weight is 413 g/mol. The number of nitrogens with one attached hydrogen (secondary N) is 2. The Labute approximate surface area is 171 Å². The summed E-state index contributed by atoms with van der Waals surface area (Å²) in [6.45, 7) is 1.97. The number of aromatic amines is 1. The SMILES string of the molecule is Cc1nc(Nc2cc(C3CC3)[nH]n2)nc(N2CC(O)CC2c2ccc(F)cc2F)n1. The van der Waals surface area contributed by atoms with E-state index in [2.05, 4.69) is 30.5 Å². The number of hydrogen-bond acceptors (Lipinski definition) is 7. The van der Waals surface area contributed by atoms with E-state index in [4.69, 9.17) is 0 Å². The lowest BCUT2D eigenvalue weighted by atomic mass is 10.0. The highest BCUT2D eigenvalue weighted by Gasteiger charge is 2.36. The number of hydrogen-bond donors (Lipinski definition) is 3. The van der Waals surface area contributed by atoms with Gasteiger partial charge in [-0.05, 0) is 32.3 Å². The maximum Gasteiger partial charge on any atom is 0.233 e. The van der Waals surface area contributed by atoms with Gasteiger partial charge >= 0.3 is 0 Å². The average Bonchev–Trinajstić information content (AvgIpc) is 3.32. The van der Waals surface area contributed by atoms with Crippen LogP contribution in [0.2, 0.25) is 0 Å². The third-order valence-corrected chi connectivity index (χ3v) is 5.45. The van der Waals surface area contributed by atoms with Crippen molar-refractivity contribution in [2.45, 2.75) is 44.2 Å². The van der Waals surface area contributed by atoms with Crippen LogP contribution in [0.5, 0.6) is 0 Å². The first kappa shape index (κ1) is 18.9. The van der Waals surface area contributed by atoms with Gasteiger partial charge in [0.2, 0.25) is 11.9 Å². The van der Waals surface area contributed by atoms with Gasteiger partial charge in [-0.25, -0.2) is 8.78 Å². The smallest absolute Gasteiger partial charge is 0.233 e. The first-order valence-corrected chi connectivity index (χ1v) is 9.91. The molecule has 1 saturated carbocycles. The normalized spacial score (nSPS) is 21.3. The Balaban J connectivity index is 1.44. The molecule has 156 valence electrons. The van der Waals surface area contributed by atoms with E-state index in [1.165, 1.54) is 12.1 Å². The van der Waals surface area contributed by atoms with Gasteiger partial charge < -0.3 is 15.3 Å². The van der Waals surface area contributed by atoms with Crippen LogP contribution < -0.4 is 10.2 Å². The number of benzene rings is 1. The number of rotatable bonds is 5. The van der Waals surface area contributed by atoms with Crippen molar-refractivity contribution in [1.29, 1.82) is 0 Å². The number of aliphatic hydroxyl groups excluding tert-OH is 1. The number of anilines is 3. The van der Waals surface area contributed by atoms with E-state index in [0.717, 1.165) is 24.6 Å². The van der Waals surface area contributed by atoms with Crippen LogP contribution in [0.1, 0.15) is 48.3 Å². The fraction of sp³-hybridized carbons (Fsp3) is 0.400. The molecule has 0 radical (unpaired) electrons. The first-order chi connectivity index (χ1) is 14.5. The molecule has 30 heavy (non-hydrogen) atoms. The van der Waals surface area contributed by atoms with Crippen LogP contribution in [0.3, 0.4) is 0 Å². The number of aliphatic hydroxyl groups is 1. The highest BCUT2D eigenvalue weighted by atomic mass is 19.1.